The van der Waals surface area contributed by atoms with E-state index in [4.69, 9.17) is 47.4 Å². The maximum Gasteiger partial charge on any atom is 0.187 e. The molecule has 0 aromatic heterocycles. The van der Waals surface area contributed by atoms with Crippen LogP contribution in [0.15, 0.2) is 195 Å². The van der Waals surface area contributed by atoms with Gasteiger partial charge in [-0.15, -0.1) is 6.58 Å². The van der Waals surface area contributed by atoms with Crippen molar-refractivity contribution in [1.82, 2.24) is 0 Å². The molecule has 2 heterocycles. The average molecular weight is 1020 g/mol. The molecule has 10 atom stereocenters. The molecule has 0 aliphatic carbocycles. The molecule has 392 valence electrons. The summed E-state index contributed by atoms with van der Waals surface area (Å²) in [5.74, 6) is 0. The van der Waals surface area contributed by atoms with Crippen molar-refractivity contribution in [3.05, 3.63) is 228 Å². The van der Waals surface area contributed by atoms with E-state index in [9.17, 15) is 5.11 Å². The molecular formula is C62H74O11Si. The van der Waals surface area contributed by atoms with E-state index in [1.165, 1.54) is 0 Å². The normalized spacial score (nSPS) is 25.1. The van der Waals surface area contributed by atoms with Crippen molar-refractivity contribution in [2.45, 2.75) is 133 Å². The Morgan fingerprint density at radius 3 is 1.34 bits per heavy atom. The highest BCUT2D eigenvalue weighted by molar-refractivity contribution is 6.76. The molecule has 0 unspecified atom stereocenters. The summed E-state index contributed by atoms with van der Waals surface area (Å²) < 4.78 is 69.9. The summed E-state index contributed by atoms with van der Waals surface area (Å²) in [6.07, 6.45) is -6.32. The van der Waals surface area contributed by atoms with Crippen LogP contribution in [0.2, 0.25) is 25.7 Å². The minimum atomic E-state index is -1.81. The van der Waals surface area contributed by atoms with Crippen LogP contribution in [-0.4, -0.2) is 93.9 Å². The minimum absolute atomic E-state index is 0.0374. The van der Waals surface area contributed by atoms with Gasteiger partial charge in [-0.05, 0) is 39.8 Å². The lowest BCUT2D eigenvalue weighted by Crippen LogP contribution is -2.71. The third-order valence-electron chi connectivity index (χ3n) is 13.4. The fourth-order valence-corrected chi connectivity index (χ4v) is 10.5. The Morgan fingerprint density at radius 2 is 0.892 bits per heavy atom. The fourth-order valence-electron chi connectivity index (χ4n) is 9.41. The van der Waals surface area contributed by atoms with Crippen LogP contribution in [0.4, 0.5) is 0 Å². The Bertz CT molecular complexity index is 2490. The fraction of sp³-hybridized carbons (Fsp3) is 0.387. The highest BCUT2D eigenvalue weighted by atomic mass is 28.3. The molecular weight excluding hydrogens is 949 g/mol. The number of aliphatic hydroxyl groups excluding tert-OH is 1. The summed E-state index contributed by atoms with van der Waals surface area (Å²) in [5, 5.41) is 12.8. The zero-order chi connectivity index (χ0) is 51.4. The molecule has 2 fully saturated rings. The Balaban J connectivity index is 1.23. The predicted molar refractivity (Wildman–Crippen MR) is 288 cm³/mol. The second-order valence-corrected chi connectivity index (χ2v) is 25.9. The monoisotopic (exact) mass is 1020 g/mol. The predicted octanol–water partition coefficient (Wildman–Crippen LogP) is 11.3. The van der Waals surface area contributed by atoms with Gasteiger partial charge in [-0.25, -0.2) is 0 Å². The van der Waals surface area contributed by atoms with E-state index in [0.29, 0.717) is 19.6 Å². The van der Waals surface area contributed by atoms with E-state index in [1.807, 2.05) is 182 Å². The zero-order valence-electron chi connectivity index (χ0n) is 43.1. The van der Waals surface area contributed by atoms with E-state index >= 15 is 0 Å². The van der Waals surface area contributed by atoms with Crippen molar-refractivity contribution < 1.29 is 52.5 Å². The molecule has 2 saturated heterocycles. The molecule has 0 bridgehead atoms. The third kappa shape index (κ3) is 15.9. The van der Waals surface area contributed by atoms with E-state index in [0.717, 1.165) is 39.4 Å². The van der Waals surface area contributed by atoms with E-state index in [1.54, 1.807) is 6.08 Å². The third-order valence-corrected chi connectivity index (χ3v) is 15.2. The first-order valence-electron chi connectivity index (χ1n) is 25.9. The molecule has 2 aliphatic rings. The first kappa shape index (κ1) is 55.1. The maximum atomic E-state index is 12.8. The number of hydrogen-bond acceptors (Lipinski definition) is 11. The first-order valence-corrected chi connectivity index (χ1v) is 29.6. The molecule has 1 N–H and O–H groups in total. The largest absolute Gasteiger partial charge is 0.374 e. The highest BCUT2D eigenvalue weighted by Gasteiger charge is 2.60. The van der Waals surface area contributed by atoms with Crippen LogP contribution in [0.25, 0.3) is 0 Å². The molecule has 8 rings (SSSR count). The number of ether oxygens (including phenoxy) is 10. The van der Waals surface area contributed by atoms with Gasteiger partial charge in [0, 0.05) is 8.07 Å². The Morgan fingerprint density at radius 1 is 0.486 bits per heavy atom. The summed E-state index contributed by atoms with van der Waals surface area (Å²) >= 11 is 0. The summed E-state index contributed by atoms with van der Waals surface area (Å²) in [6.45, 7) is 12.8. The lowest BCUT2D eigenvalue weighted by Gasteiger charge is -2.54. The number of aliphatic hydroxyl groups is 1. The van der Waals surface area contributed by atoms with Crippen molar-refractivity contribution in [2.24, 2.45) is 0 Å². The summed E-state index contributed by atoms with van der Waals surface area (Å²) in [7, 11) is -1.81. The smallest absolute Gasteiger partial charge is 0.187 e. The topological polar surface area (TPSA) is 113 Å². The molecule has 6 aromatic rings. The van der Waals surface area contributed by atoms with Crippen LogP contribution in [0, 0.1) is 0 Å². The lowest BCUT2D eigenvalue weighted by atomic mass is 9.83. The van der Waals surface area contributed by atoms with Gasteiger partial charge in [-0.1, -0.05) is 214 Å². The van der Waals surface area contributed by atoms with Crippen LogP contribution in [0.5, 0.6) is 0 Å². The summed E-state index contributed by atoms with van der Waals surface area (Å²) in [6, 6.07) is 60.7. The minimum Gasteiger partial charge on any atom is -0.374 e. The van der Waals surface area contributed by atoms with Crippen LogP contribution < -0.4 is 0 Å². The molecule has 0 spiro atoms. The Labute approximate surface area is 439 Å². The number of rotatable bonds is 28. The maximum absolute atomic E-state index is 12.8. The van der Waals surface area contributed by atoms with E-state index in [2.05, 4.69) is 26.2 Å². The van der Waals surface area contributed by atoms with Crippen molar-refractivity contribution in [2.75, 3.05) is 19.8 Å². The van der Waals surface area contributed by atoms with Gasteiger partial charge in [0.05, 0.1) is 59.5 Å². The first-order chi connectivity index (χ1) is 36.2. The van der Waals surface area contributed by atoms with Crippen LogP contribution in [-0.2, 0) is 87.0 Å². The number of hydrogen-bond donors (Lipinski definition) is 1. The van der Waals surface area contributed by atoms with E-state index in [-0.39, 0.29) is 46.2 Å². The second-order valence-electron chi connectivity index (χ2n) is 20.3. The quantitative estimate of drug-likeness (QED) is 0.0374. The molecule has 0 amide bonds. The van der Waals surface area contributed by atoms with Crippen molar-refractivity contribution in [1.29, 1.82) is 0 Å². The van der Waals surface area contributed by atoms with Crippen molar-refractivity contribution >= 4 is 8.07 Å². The summed E-state index contributed by atoms with van der Waals surface area (Å²) in [4.78, 5) is 0. The average Bonchev–Trinajstić information content (AvgIpc) is 3.43. The molecule has 0 radical (unpaired) electrons. The van der Waals surface area contributed by atoms with Crippen molar-refractivity contribution in [3.63, 3.8) is 0 Å². The molecule has 6 aromatic carbocycles. The van der Waals surface area contributed by atoms with Gasteiger partial charge in [-0.3, -0.25) is 0 Å². The highest BCUT2D eigenvalue weighted by Crippen LogP contribution is 2.43. The van der Waals surface area contributed by atoms with Crippen LogP contribution in [0.3, 0.4) is 0 Å². The van der Waals surface area contributed by atoms with Gasteiger partial charge in [-0.2, -0.15) is 0 Å². The van der Waals surface area contributed by atoms with Crippen molar-refractivity contribution in [3.8, 4) is 0 Å². The number of benzene rings is 6. The van der Waals surface area contributed by atoms with Gasteiger partial charge >= 0.3 is 0 Å². The van der Waals surface area contributed by atoms with Crippen LogP contribution in [0.1, 0.15) is 39.8 Å². The molecule has 11 nitrogen and oxygen atoms in total. The Hall–Kier alpha value is -5.16. The molecule has 0 saturated carbocycles. The molecule has 74 heavy (non-hydrogen) atoms. The van der Waals surface area contributed by atoms with Crippen LogP contribution >= 0.6 is 0 Å². The van der Waals surface area contributed by atoms with Gasteiger partial charge in [0.25, 0.3) is 0 Å². The van der Waals surface area contributed by atoms with Gasteiger partial charge in [0.15, 0.2) is 12.6 Å². The Kier molecular flexibility index (Phi) is 20.9. The van der Waals surface area contributed by atoms with E-state index < -0.39 is 69.0 Å². The molecule has 2 aliphatic heterocycles. The zero-order valence-corrected chi connectivity index (χ0v) is 44.1. The standard InChI is InChI=1S/C62H74O11Si/c1-5-37-66-57-55(67-41-49-28-16-8-17-29-49)53(45-64-39-47-24-12-6-13-25-47)71-60(58(57)68-42-50-30-18-9-19-31-50)73-56-54(46-65-40-48-26-14-7-15-27-48)72-61(63)62(36-38-74(2,3)4,70-44-52-34-22-11-23-35-52)59(56)69-43-51-32-20-10-21-33-51/h5-35,53-61,63H,1,36-46H2,2-4H3/t53-,54-,55+,56+,57+,58-,59+,60-,61-,62-/m1/s1. The summed E-state index contributed by atoms with van der Waals surface area (Å²) in [5.41, 5.74) is 4.38. The van der Waals surface area contributed by atoms with Gasteiger partial charge in [0.2, 0.25) is 0 Å². The van der Waals surface area contributed by atoms with Gasteiger partial charge in [0.1, 0.15) is 48.3 Å². The SMILES string of the molecule is C=CCO[C@H]1[C@@H](OCc2ccccc2)[C@@H](COCc2ccccc2)O[C@H](O[C@H]2[C@@H](COCc3ccccc3)O[C@@H](O)[C@](CC[Si](C)(C)C)(OCc3ccccc3)[C@H]2OCc2ccccc2)[C@@H]1OCc1ccccc1. The van der Waals surface area contributed by atoms with Gasteiger partial charge < -0.3 is 52.5 Å². The second kappa shape index (κ2) is 28.1. The lowest BCUT2D eigenvalue weighted by molar-refractivity contribution is -0.393. The molecule has 12 heteroatoms.